The molecule has 0 aromatic rings. The van der Waals surface area contributed by atoms with E-state index in [2.05, 4.69) is 37.3 Å². The van der Waals surface area contributed by atoms with Crippen LogP contribution in [0.4, 0.5) is 0 Å². The van der Waals surface area contributed by atoms with Gasteiger partial charge in [-0.15, -0.1) is 0 Å². The van der Waals surface area contributed by atoms with E-state index in [1.807, 2.05) is 0 Å². The second-order valence-electron chi connectivity index (χ2n) is 6.44. The van der Waals surface area contributed by atoms with E-state index >= 15 is 0 Å². The third-order valence-corrected chi connectivity index (χ3v) is 5.17. The van der Waals surface area contributed by atoms with Gasteiger partial charge in [-0.05, 0) is 37.3 Å². The summed E-state index contributed by atoms with van der Waals surface area (Å²) in [7, 11) is 0. The maximum absolute atomic E-state index is 6.16. The van der Waals surface area contributed by atoms with Crippen molar-refractivity contribution in [3.05, 3.63) is 47.1 Å². The lowest BCUT2D eigenvalue weighted by atomic mass is 9.66. The van der Waals surface area contributed by atoms with Gasteiger partial charge in [-0.2, -0.15) is 0 Å². The Kier molecular flexibility index (Phi) is 3.49. The van der Waals surface area contributed by atoms with Gasteiger partial charge >= 0.3 is 0 Å². The summed E-state index contributed by atoms with van der Waals surface area (Å²) in [4.78, 5) is 0. The molecule has 0 spiro atoms. The molecule has 0 aromatic heterocycles. The third kappa shape index (κ3) is 2.36. The number of nitrogens with two attached hydrogens (primary N) is 1. The molecule has 3 aliphatic carbocycles. The number of rotatable bonds is 2. The summed E-state index contributed by atoms with van der Waals surface area (Å²) in [5.74, 6) is 0.592. The van der Waals surface area contributed by atoms with Gasteiger partial charge in [-0.25, -0.2) is 0 Å². The molecule has 1 heteroatoms. The predicted molar refractivity (Wildman–Crippen MR) is 81.7 cm³/mol. The first-order chi connectivity index (χ1) is 9.23. The van der Waals surface area contributed by atoms with Crippen LogP contribution in [-0.4, -0.2) is 6.54 Å². The molecule has 3 rings (SSSR count). The fourth-order valence-corrected chi connectivity index (χ4v) is 3.86. The average molecular weight is 255 g/mol. The van der Waals surface area contributed by atoms with Crippen LogP contribution in [0.15, 0.2) is 47.1 Å². The first-order valence-electron chi connectivity index (χ1n) is 7.72. The Morgan fingerprint density at radius 2 is 2.00 bits per heavy atom. The van der Waals surface area contributed by atoms with Crippen molar-refractivity contribution in [2.75, 3.05) is 6.54 Å². The number of hydrogen-bond donors (Lipinski definition) is 1. The van der Waals surface area contributed by atoms with Crippen molar-refractivity contribution in [1.29, 1.82) is 0 Å². The van der Waals surface area contributed by atoms with Crippen molar-refractivity contribution >= 4 is 0 Å². The normalized spacial score (nSPS) is 29.2. The second-order valence-corrected chi connectivity index (χ2v) is 6.44. The van der Waals surface area contributed by atoms with Gasteiger partial charge in [0.25, 0.3) is 0 Å². The number of allylic oxidation sites excluding steroid dienone is 7. The van der Waals surface area contributed by atoms with Gasteiger partial charge in [0.15, 0.2) is 0 Å². The van der Waals surface area contributed by atoms with Crippen LogP contribution in [0, 0.1) is 11.3 Å². The van der Waals surface area contributed by atoms with E-state index in [1.165, 1.54) is 48.8 Å². The maximum Gasteiger partial charge on any atom is 0.00726 e. The summed E-state index contributed by atoms with van der Waals surface area (Å²) >= 11 is 0. The zero-order chi connectivity index (χ0) is 13.3. The lowest BCUT2D eigenvalue weighted by molar-refractivity contribution is 0.252. The minimum Gasteiger partial charge on any atom is -0.330 e. The van der Waals surface area contributed by atoms with E-state index in [-0.39, 0.29) is 5.41 Å². The highest BCUT2D eigenvalue weighted by Gasteiger charge is 2.35. The zero-order valence-electron chi connectivity index (χ0n) is 12.0. The van der Waals surface area contributed by atoms with Crippen molar-refractivity contribution in [2.24, 2.45) is 17.1 Å². The van der Waals surface area contributed by atoms with Crippen LogP contribution in [0.1, 0.15) is 45.4 Å². The number of hydrogen-bond acceptors (Lipinski definition) is 1. The summed E-state index contributed by atoms with van der Waals surface area (Å²) in [5, 5.41) is 0. The molecule has 1 unspecified atom stereocenters. The molecule has 1 fully saturated rings. The molecule has 0 heterocycles. The molecule has 0 aliphatic heterocycles. The van der Waals surface area contributed by atoms with E-state index in [0.29, 0.717) is 5.92 Å². The number of fused-ring (bicyclic) bond motifs is 1. The second kappa shape index (κ2) is 5.13. The van der Waals surface area contributed by atoms with Crippen LogP contribution in [0.2, 0.25) is 0 Å². The summed E-state index contributed by atoms with van der Waals surface area (Å²) in [6.45, 7) is 3.00. The van der Waals surface area contributed by atoms with E-state index in [0.717, 1.165) is 13.0 Å². The first kappa shape index (κ1) is 12.9. The lowest BCUT2D eigenvalue weighted by Crippen LogP contribution is -2.35. The molecular weight excluding hydrogens is 230 g/mol. The summed E-state index contributed by atoms with van der Waals surface area (Å²) < 4.78 is 0. The van der Waals surface area contributed by atoms with Crippen molar-refractivity contribution in [2.45, 2.75) is 45.4 Å². The highest BCUT2D eigenvalue weighted by atomic mass is 14.6. The lowest BCUT2D eigenvalue weighted by Gasteiger charge is -2.39. The van der Waals surface area contributed by atoms with Crippen LogP contribution in [0.25, 0.3) is 0 Å². The molecule has 0 aromatic carbocycles. The van der Waals surface area contributed by atoms with Crippen molar-refractivity contribution in [1.82, 2.24) is 0 Å². The molecule has 1 nitrogen and oxygen atoms in total. The molecule has 0 amide bonds. The van der Waals surface area contributed by atoms with E-state index in [1.54, 1.807) is 0 Å². The quantitative estimate of drug-likeness (QED) is 0.783. The average Bonchev–Trinajstić information content (AvgIpc) is 2.47. The van der Waals surface area contributed by atoms with E-state index in [9.17, 15) is 0 Å². The fraction of sp³-hybridized carbons (Fsp3) is 0.556. The standard InChI is InChI=1S/C18H25N/c1-14-5-6-16-12-17(8-7-15(16)11-14)18(13-19)9-3-2-4-10-18/h5,7-8,11-12,16H,2-4,6,9-10,13,19H2,1H3. The summed E-state index contributed by atoms with van der Waals surface area (Å²) in [6, 6.07) is 0. The van der Waals surface area contributed by atoms with Crippen molar-refractivity contribution in [3.8, 4) is 0 Å². The topological polar surface area (TPSA) is 26.0 Å². The monoisotopic (exact) mass is 255 g/mol. The van der Waals surface area contributed by atoms with Crippen LogP contribution >= 0.6 is 0 Å². The molecule has 0 radical (unpaired) electrons. The van der Waals surface area contributed by atoms with Gasteiger partial charge in [0.2, 0.25) is 0 Å². The third-order valence-electron chi connectivity index (χ3n) is 5.17. The van der Waals surface area contributed by atoms with Gasteiger partial charge in [0.05, 0.1) is 0 Å². The molecule has 1 saturated carbocycles. The zero-order valence-corrected chi connectivity index (χ0v) is 12.0. The van der Waals surface area contributed by atoms with E-state index < -0.39 is 0 Å². The largest absolute Gasteiger partial charge is 0.330 e. The summed E-state index contributed by atoms with van der Waals surface area (Å²) in [6.07, 6.45) is 19.7. The first-order valence-corrected chi connectivity index (χ1v) is 7.72. The van der Waals surface area contributed by atoms with Crippen molar-refractivity contribution in [3.63, 3.8) is 0 Å². The van der Waals surface area contributed by atoms with Crippen LogP contribution in [0.3, 0.4) is 0 Å². The van der Waals surface area contributed by atoms with Crippen LogP contribution in [-0.2, 0) is 0 Å². The Morgan fingerprint density at radius 1 is 1.21 bits per heavy atom. The Hall–Kier alpha value is -1.08. The molecule has 3 aliphatic rings. The summed E-state index contributed by atoms with van der Waals surface area (Å²) in [5.41, 5.74) is 10.8. The van der Waals surface area contributed by atoms with Gasteiger partial charge in [-0.3, -0.25) is 0 Å². The molecule has 102 valence electrons. The van der Waals surface area contributed by atoms with E-state index in [4.69, 9.17) is 5.73 Å². The molecule has 0 bridgehead atoms. The van der Waals surface area contributed by atoms with Gasteiger partial charge in [0, 0.05) is 17.9 Å². The minimum atomic E-state index is 0.274. The Bertz CT molecular complexity index is 470. The maximum atomic E-state index is 6.16. The Labute approximate surface area is 117 Å². The Balaban J connectivity index is 1.87. The minimum absolute atomic E-state index is 0.274. The van der Waals surface area contributed by atoms with Crippen molar-refractivity contribution < 1.29 is 0 Å². The van der Waals surface area contributed by atoms with Gasteiger partial charge in [-0.1, -0.05) is 55.2 Å². The molecule has 19 heavy (non-hydrogen) atoms. The van der Waals surface area contributed by atoms with Gasteiger partial charge < -0.3 is 5.73 Å². The van der Waals surface area contributed by atoms with Crippen LogP contribution in [0.5, 0.6) is 0 Å². The SMILES string of the molecule is CC1=CCC2C=C(C3(CN)CCCCC3)C=CC2=C1. The van der Waals surface area contributed by atoms with Crippen LogP contribution < -0.4 is 5.73 Å². The highest BCUT2D eigenvalue weighted by Crippen LogP contribution is 2.45. The molecule has 1 atom stereocenters. The molecular formula is C18H25N. The molecule has 0 saturated heterocycles. The molecule has 2 N–H and O–H groups in total. The highest BCUT2D eigenvalue weighted by molar-refractivity contribution is 5.46. The predicted octanol–water partition coefficient (Wildman–Crippen LogP) is 4.28. The van der Waals surface area contributed by atoms with Gasteiger partial charge in [0.1, 0.15) is 0 Å². The fourth-order valence-electron chi connectivity index (χ4n) is 3.86. The Morgan fingerprint density at radius 3 is 2.74 bits per heavy atom. The smallest absolute Gasteiger partial charge is 0.00726 e.